The molecule has 0 aliphatic heterocycles. The van der Waals surface area contributed by atoms with Crippen LogP contribution in [-0.2, 0) is 11.2 Å². The summed E-state index contributed by atoms with van der Waals surface area (Å²) < 4.78 is 32.4. The van der Waals surface area contributed by atoms with E-state index >= 15 is 0 Å². The molecule has 0 saturated heterocycles. The Kier molecular flexibility index (Phi) is 4.96. The molecule has 0 aromatic heterocycles. The van der Waals surface area contributed by atoms with Gasteiger partial charge < -0.3 is 4.74 Å². The molecule has 0 unspecified atom stereocenters. The molecule has 0 fully saturated rings. The predicted octanol–water partition coefficient (Wildman–Crippen LogP) is 4.76. The van der Waals surface area contributed by atoms with Crippen LogP contribution < -0.4 is 0 Å². The van der Waals surface area contributed by atoms with Gasteiger partial charge in [0, 0.05) is 17.0 Å². The van der Waals surface area contributed by atoms with Crippen LogP contribution in [0.25, 0.3) is 0 Å². The molecular formula is C15H10BrClF2O2. The highest BCUT2D eigenvalue weighted by Crippen LogP contribution is 2.29. The quantitative estimate of drug-likeness (QED) is 0.571. The summed E-state index contributed by atoms with van der Waals surface area (Å²) in [7, 11) is 1.18. The van der Waals surface area contributed by atoms with Crippen LogP contribution in [0, 0.1) is 11.6 Å². The first-order valence-corrected chi connectivity index (χ1v) is 7.11. The van der Waals surface area contributed by atoms with Gasteiger partial charge in [-0.3, -0.25) is 0 Å². The molecule has 21 heavy (non-hydrogen) atoms. The molecule has 6 heteroatoms. The highest BCUT2D eigenvalue weighted by Gasteiger charge is 2.22. The van der Waals surface area contributed by atoms with Crippen LogP contribution >= 0.6 is 27.5 Å². The second kappa shape index (κ2) is 6.54. The van der Waals surface area contributed by atoms with Crippen molar-refractivity contribution in [2.75, 3.05) is 7.11 Å². The number of carbonyl (C=O) groups excluding carboxylic acids is 1. The minimum atomic E-state index is -1.09. The van der Waals surface area contributed by atoms with E-state index in [1.54, 1.807) is 24.3 Å². The first kappa shape index (κ1) is 15.9. The van der Waals surface area contributed by atoms with Crippen molar-refractivity contribution in [1.82, 2.24) is 0 Å². The average Bonchev–Trinajstić information content (AvgIpc) is 2.48. The number of methoxy groups -OCH3 is 1. The number of hydrogen-bond acceptors (Lipinski definition) is 2. The molecule has 2 rings (SSSR count). The van der Waals surface area contributed by atoms with E-state index in [9.17, 15) is 13.6 Å². The number of carbonyl (C=O) groups is 1. The highest BCUT2D eigenvalue weighted by atomic mass is 79.9. The summed E-state index contributed by atoms with van der Waals surface area (Å²) in [5.41, 5.74) is 0.462. The second-order valence-corrected chi connectivity index (χ2v) is 5.53. The van der Waals surface area contributed by atoms with Gasteiger partial charge in [-0.25, -0.2) is 13.6 Å². The Balaban J connectivity index is 2.59. The zero-order chi connectivity index (χ0) is 15.6. The summed E-state index contributed by atoms with van der Waals surface area (Å²) in [4.78, 5) is 11.8. The fourth-order valence-electron chi connectivity index (χ4n) is 1.93. The topological polar surface area (TPSA) is 26.3 Å². The number of hydrogen-bond donors (Lipinski definition) is 0. The molecule has 0 spiro atoms. The molecule has 0 saturated carbocycles. The Labute approximate surface area is 133 Å². The summed E-state index contributed by atoms with van der Waals surface area (Å²) in [6.45, 7) is 0. The first-order valence-electron chi connectivity index (χ1n) is 5.93. The van der Waals surface area contributed by atoms with Gasteiger partial charge in [0.1, 0.15) is 0 Å². The van der Waals surface area contributed by atoms with Gasteiger partial charge in [0.25, 0.3) is 0 Å². The Morgan fingerprint density at radius 3 is 2.57 bits per heavy atom. The molecular weight excluding hydrogens is 366 g/mol. The van der Waals surface area contributed by atoms with Gasteiger partial charge in [0.05, 0.1) is 17.1 Å². The molecule has 110 valence electrons. The molecule has 2 aromatic rings. The Morgan fingerprint density at radius 2 is 1.95 bits per heavy atom. The van der Waals surface area contributed by atoms with Crippen molar-refractivity contribution in [3.05, 3.63) is 68.2 Å². The molecule has 0 radical (unpaired) electrons. The standard InChI is InChI=1S/C15H10BrClF2O2/c1-21-15(20)10-7-11(16)14(19)13(18)9(10)6-8-4-2-3-5-12(8)17/h2-5,7H,6H2,1H3. The fourth-order valence-corrected chi connectivity index (χ4v) is 2.54. The number of benzene rings is 2. The first-order chi connectivity index (χ1) is 9.95. The van der Waals surface area contributed by atoms with Crippen molar-refractivity contribution in [3.8, 4) is 0 Å². The molecule has 0 amide bonds. The molecule has 0 aliphatic carbocycles. The molecule has 0 bridgehead atoms. The van der Waals surface area contributed by atoms with E-state index < -0.39 is 17.6 Å². The monoisotopic (exact) mass is 374 g/mol. The lowest BCUT2D eigenvalue weighted by Gasteiger charge is -2.12. The van der Waals surface area contributed by atoms with Crippen molar-refractivity contribution in [1.29, 1.82) is 0 Å². The van der Waals surface area contributed by atoms with E-state index in [4.69, 9.17) is 11.6 Å². The lowest BCUT2D eigenvalue weighted by atomic mass is 9.98. The van der Waals surface area contributed by atoms with Crippen molar-refractivity contribution >= 4 is 33.5 Å². The van der Waals surface area contributed by atoms with Gasteiger partial charge in [0.15, 0.2) is 11.6 Å². The van der Waals surface area contributed by atoms with Gasteiger partial charge >= 0.3 is 5.97 Å². The molecule has 0 N–H and O–H groups in total. The van der Waals surface area contributed by atoms with Crippen molar-refractivity contribution in [3.63, 3.8) is 0 Å². The zero-order valence-electron chi connectivity index (χ0n) is 10.9. The smallest absolute Gasteiger partial charge is 0.338 e. The lowest BCUT2D eigenvalue weighted by molar-refractivity contribution is 0.0598. The lowest BCUT2D eigenvalue weighted by Crippen LogP contribution is -2.10. The van der Waals surface area contributed by atoms with Gasteiger partial charge in [-0.05, 0) is 33.6 Å². The minimum absolute atomic E-state index is 0.0138. The van der Waals surface area contributed by atoms with Gasteiger partial charge in [0.2, 0.25) is 0 Å². The van der Waals surface area contributed by atoms with Crippen LogP contribution in [0.1, 0.15) is 21.5 Å². The van der Waals surface area contributed by atoms with Crippen LogP contribution in [0.3, 0.4) is 0 Å². The van der Waals surface area contributed by atoms with E-state index in [0.717, 1.165) is 0 Å². The maximum atomic E-state index is 14.2. The van der Waals surface area contributed by atoms with Crippen LogP contribution in [0.4, 0.5) is 8.78 Å². The van der Waals surface area contributed by atoms with E-state index in [0.29, 0.717) is 10.6 Å². The van der Waals surface area contributed by atoms with Crippen molar-refractivity contribution in [2.24, 2.45) is 0 Å². The molecule has 0 atom stereocenters. The van der Waals surface area contributed by atoms with Crippen LogP contribution in [0.15, 0.2) is 34.8 Å². The number of esters is 1. The van der Waals surface area contributed by atoms with E-state index in [-0.39, 0.29) is 22.0 Å². The third-order valence-corrected chi connectivity index (χ3v) is 3.94. The van der Waals surface area contributed by atoms with E-state index in [2.05, 4.69) is 20.7 Å². The highest BCUT2D eigenvalue weighted by molar-refractivity contribution is 9.10. The maximum absolute atomic E-state index is 14.2. The van der Waals surface area contributed by atoms with Crippen molar-refractivity contribution < 1.29 is 18.3 Å². The van der Waals surface area contributed by atoms with E-state index in [1.807, 2.05) is 0 Å². The average molecular weight is 376 g/mol. The SMILES string of the molecule is COC(=O)c1cc(Br)c(F)c(F)c1Cc1ccccc1Cl. The number of rotatable bonds is 3. The largest absolute Gasteiger partial charge is 0.465 e. The van der Waals surface area contributed by atoms with Crippen LogP contribution in [-0.4, -0.2) is 13.1 Å². The number of halogens is 4. The summed E-state index contributed by atoms with van der Waals surface area (Å²) in [6.07, 6.45) is -0.0138. The predicted molar refractivity (Wildman–Crippen MR) is 79.7 cm³/mol. The van der Waals surface area contributed by atoms with Gasteiger partial charge in [-0.2, -0.15) is 0 Å². The third-order valence-electron chi connectivity index (χ3n) is 2.99. The Bertz CT molecular complexity index is 704. The van der Waals surface area contributed by atoms with Crippen molar-refractivity contribution in [2.45, 2.75) is 6.42 Å². The summed E-state index contributed by atoms with van der Waals surface area (Å²) in [5.74, 6) is -2.88. The van der Waals surface area contributed by atoms with Crippen LogP contribution in [0.5, 0.6) is 0 Å². The third kappa shape index (κ3) is 3.24. The van der Waals surface area contributed by atoms with Crippen LogP contribution in [0.2, 0.25) is 5.02 Å². The molecule has 0 aliphatic rings. The Hall–Kier alpha value is -1.46. The number of ether oxygens (including phenoxy) is 1. The summed E-state index contributed by atoms with van der Waals surface area (Å²) in [6, 6.07) is 7.98. The summed E-state index contributed by atoms with van der Waals surface area (Å²) >= 11 is 8.90. The second-order valence-electron chi connectivity index (χ2n) is 4.27. The Morgan fingerprint density at radius 1 is 1.29 bits per heavy atom. The van der Waals surface area contributed by atoms with Gasteiger partial charge in [-0.1, -0.05) is 29.8 Å². The van der Waals surface area contributed by atoms with Gasteiger partial charge in [-0.15, -0.1) is 0 Å². The summed E-state index contributed by atoms with van der Waals surface area (Å²) in [5, 5.41) is 0.413. The van der Waals surface area contributed by atoms with E-state index in [1.165, 1.54) is 13.2 Å². The molecule has 2 aromatic carbocycles. The maximum Gasteiger partial charge on any atom is 0.338 e. The zero-order valence-corrected chi connectivity index (χ0v) is 13.3. The molecule has 0 heterocycles. The minimum Gasteiger partial charge on any atom is -0.465 e. The molecule has 2 nitrogen and oxygen atoms in total. The normalized spacial score (nSPS) is 10.5. The fraction of sp³-hybridized carbons (Fsp3) is 0.133.